The third-order valence-corrected chi connectivity index (χ3v) is 7.53. The Bertz CT molecular complexity index is 825. The maximum atomic E-state index is 12.6. The molecule has 1 aromatic carbocycles. The zero-order valence-electron chi connectivity index (χ0n) is 17.2. The van der Waals surface area contributed by atoms with Gasteiger partial charge in [0.05, 0.1) is 5.56 Å². The molecular weight excluding hydrogens is 420 g/mol. The summed E-state index contributed by atoms with van der Waals surface area (Å²) in [6.07, 6.45) is -1.28. The van der Waals surface area contributed by atoms with Crippen LogP contribution in [0.25, 0.3) is 0 Å². The molecule has 1 unspecified atom stereocenters. The van der Waals surface area contributed by atoms with Crippen LogP contribution in [0.2, 0.25) is 5.31 Å². The van der Waals surface area contributed by atoms with Gasteiger partial charge in [-0.1, -0.05) is 31.9 Å². The number of benzene rings is 1. The van der Waals surface area contributed by atoms with Crippen LogP contribution in [0.4, 0.5) is 13.2 Å². The molecule has 30 heavy (non-hydrogen) atoms. The molecule has 0 aliphatic carbocycles. The number of piperidine rings is 1. The largest absolute Gasteiger partial charge is 0.481 e. The molecule has 1 aromatic rings. The lowest BCUT2D eigenvalue weighted by atomic mass is 9.56. The van der Waals surface area contributed by atoms with Gasteiger partial charge in [-0.25, -0.2) is 0 Å². The summed E-state index contributed by atoms with van der Waals surface area (Å²) < 4.78 is 66.7. The molecule has 0 bridgehead atoms. The van der Waals surface area contributed by atoms with Gasteiger partial charge in [-0.05, 0) is 42.9 Å². The van der Waals surface area contributed by atoms with Gasteiger partial charge in [-0.3, -0.25) is 4.79 Å². The second-order valence-electron chi connectivity index (χ2n) is 8.02. The molecular formula is C19H28BF3N2O4S. The van der Waals surface area contributed by atoms with Crippen molar-refractivity contribution in [3.8, 4) is 0 Å². The van der Waals surface area contributed by atoms with Gasteiger partial charge in [-0.15, -0.1) is 0 Å². The summed E-state index contributed by atoms with van der Waals surface area (Å²) in [7, 11) is -2.07. The Balaban J connectivity index is 1.95. The van der Waals surface area contributed by atoms with Gasteiger partial charge in [-0.2, -0.15) is 30.6 Å². The molecule has 168 valence electrons. The Morgan fingerprint density at radius 2 is 1.80 bits per heavy atom. The molecule has 0 spiro atoms. The first-order valence-electron chi connectivity index (χ1n) is 10.0. The van der Waals surface area contributed by atoms with E-state index in [1.165, 1.54) is 16.4 Å². The van der Waals surface area contributed by atoms with Gasteiger partial charge in [0.15, 0.2) is 0 Å². The van der Waals surface area contributed by atoms with E-state index in [0.717, 1.165) is 25.0 Å². The summed E-state index contributed by atoms with van der Waals surface area (Å²) in [5.74, 6) is -0.958. The maximum absolute atomic E-state index is 12.6. The monoisotopic (exact) mass is 448 g/mol. The van der Waals surface area contributed by atoms with Crippen molar-refractivity contribution in [3.05, 3.63) is 35.4 Å². The third-order valence-electron chi connectivity index (χ3n) is 5.97. The first kappa shape index (κ1) is 24.7. The lowest BCUT2D eigenvalue weighted by Gasteiger charge is -2.40. The van der Waals surface area contributed by atoms with E-state index in [1.54, 1.807) is 7.85 Å². The highest BCUT2D eigenvalue weighted by Crippen LogP contribution is 2.44. The van der Waals surface area contributed by atoms with Crippen LogP contribution in [-0.4, -0.2) is 44.7 Å². The van der Waals surface area contributed by atoms with Gasteiger partial charge in [0, 0.05) is 24.9 Å². The first-order valence-corrected chi connectivity index (χ1v) is 11.5. The number of carboxylic acids is 1. The summed E-state index contributed by atoms with van der Waals surface area (Å²) in [5, 5.41) is 8.83. The lowest BCUT2D eigenvalue weighted by molar-refractivity contribution is -0.143. The van der Waals surface area contributed by atoms with Crippen LogP contribution in [0.5, 0.6) is 0 Å². The van der Waals surface area contributed by atoms with Crippen LogP contribution in [0, 0.1) is 5.92 Å². The minimum absolute atomic E-state index is 0.108. The highest BCUT2D eigenvalue weighted by molar-refractivity contribution is 7.87. The average molecular weight is 448 g/mol. The number of carbonyl (C=O) groups is 1. The van der Waals surface area contributed by atoms with E-state index in [0.29, 0.717) is 24.8 Å². The molecule has 6 nitrogen and oxygen atoms in total. The fraction of sp³-hybridized carbons (Fsp3) is 0.632. The number of nitrogens with zero attached hydrogens (tertiary/aromatic N) is 1. The van der Waals surface area contributed by atoms with Crippen molar-refractivity contribution < 1.29 is 31.5 Å². The molecule has 0 radical (unpaired) electrons. The van der Waals surface area contributed by atoms with Crippen LogP contribution in [0.3, 0.4) is 0 Å². The molecule has 2 N–H and O–H groups in total. The summed E-state index contributed by atoms with van der Waals surface area (Å²) in [6.45, 7) is 2.30. The van der Waals surface area contributed by atoms with Crippen molar-refractivity contribution in [1.29, 1.82) is 0 Å². The van der Waals surface area contributed by atoms with E-state index in [1.807, 2.05) is 6.92 Å². The van der Waals surface area contributed by atoms with E-state index < -0.39 is 33.2 Å². The molecule has 2 rings (SSSR count). The van der Waals surface area contributed by atoms with Crippen LogP contribution in [0.1, 0.15) is 50.2 Å². The van der Waals surface area contributed by atoms with E-state index in [-0.39, 0.29) is 25.6 Å². The quantitative estimate of drug-likeness (QED) is 0.569. The molecule has 1 heterocycles. The summed E-state index contributed by atoms with van der Waals surface area (Å²) in [5.41, 5.74) is -0.375. The number of aliphatic carboxylic acids is 1. The zero-order chi connectivity index (χ0) is 22.6. The van der Waals surface area contributed by atoms with Crippen molar-refractivity contribution in [2.24, 2.45) is 5.92 Å². The van der Waals surface area contributed by atoms with E-state index in [4.69, 9.17) is 0 Å². The Morgan fingerprint density at radius 3 is 2.27 bits per heavy atom. The topological polar surface area (TPSA) is 86.7 Å². The minimum atomic E-state index is -4.44. The Hall–Kier alpha value is -1.59. The van der Waals surface area contributed by atoms with Crippen LogP contribution < -0.4 is 4.72 Å². The summed E-state index contributed by atoms with van der Waals surface area (Å²) in [6, 6.07) is 4.31. The fourth-order valence-corrected chi connectivity index (χ4v) is 5.06. The predicted octanol–water partition coefficient (Wildman–Crippen LogP) is 2.82. The van der Waals surface area contributed by atoms with Crippen molar-refractivity contribution in [2.45, 2.75) is 57.1 Å². The SMILES string of the molecule is BC(CCCC)(C(=O)O)C1CCN(S(=O)(=O)NCc2ccc(C(F)(F)F)cc2)CC1. The zero-order valence-corrected chi connectivity index (χ0v) is 18.0. The highest BCUT2D eigenvalue weighted by atomic mass is 32.2. The maximum Gasteiger partial charge on any atom is 0.416 e. The van der Waals surface area contributed by atoms with Crippen molar-refractivity contribution in [3.63, 3.8) is 0 Å². The predicted molar refractivity (Wildman–Crippen MR) is 110 cm³/mol. The normalized spacial score (nSPS) is 18.8. The number of unbranched alkanes of at least 4 members (excludes halogenated alkanes) is 1. The molecule has 0 amide bonds. The van der Waals surface area contributed by atoms with Gasteiger partial charge < -0.3 is 5.11 Å². The van der Waals surface area contributed by atoms with Gasteiger partial charge in [0.25, 0.3) is 10.2 Å². The number of hydrogen-bond donors (Lipinski definition) is 2. The van der Waals surface area contributed by atoms with Crippen molar-refractivity contribution in [2.75, 3.05) is 13.1 Å². The molecule has 1 aliphatic rings. The molecule has 0 aromatic heterocycles. The van der Waals surface area contributed by atoms with E-state index in [9.17, 15) is 31.5 Å². The minimum Gasteiger partial charge on any atom is -0.481 e. The van der Waals surface area contributed by atoms with Gasteiger partial charge in [0.2, 0.25) is 0 Å². The second-order valence-corrected chi connectivity index (χ2v) is 9.78. The first-order chi connectivity index (χ1) is 13.9. The Kier molecular flexibility index (Phi) is 7.98. The standard InChI is InChI=1S/C19H28BF3N2O4S/c1-2-3-10-18(20,17(26)27)15-8-11-25(12-9-15)30(28,29)24-13-14-4-6-16(7-5-14)19(21,22)23/h4-7,15,24H,2-3,8-13,20H2,1H3,(H,26,27). The Morgan fingerprint density at radius 1 is 1.23 bits per heavy atom. The molecule has 1 aliphatic heterocycles. The van der Waals surface area contributed by atoms with Gasteiger partial charge in [0.1, 0.15) is 7.85 Å². The smallest absolute Gasteiger partial charge is 0.416 e. The Labute approximate surface area is 176 Å². The fourth-order valence-electron chi connectivity index (χ4n) is 3.84. The number of nitrogens with one attached hydrogen (secondary N) is 1. The van der Waals surface area contributed by atoms with Crippen LogP contribution >= 0.6 is 0 Å². The number of carboxylic acid groups (broad SMARTS) is 1. The van der Waals surface area contributed by atoms with Crippen molar-refractivity contribution >= 4 is 24.0 Å². The van der Waals surface area contributed by atoms with Crippen molar-refractivity contribution in [1.82, 2.24) is 9.03 Å². The van der Waals surface area contributed by atoms with E-state index in [2.05, 4.69) is 4.72 Å². The van der Waals surface area contributed by atoms with Gasteiger partial charge >= 0.3 is 12.1 Å². The van der Waals surface area contributed by atoms with Crippen LogP contribution in [-0.2, 0) is 27.7 Å². The lowest BCUT2D eigenvalue weighted by Crippen LogP contribution is -2.47. The molecule has 1 atom stereocenters. The molecule has 1 fully saturated rings. The average Bonchev–Trinajstić information content (AvgIpc) is 2.70. The number of halogens is 3. The van der Waals surface area contributed by atoms with Crippen LogP contribution in [0.15, 0.2) is 24.3 Å². The highest BCUT2D eigenvalue weighted by Gasteiger charge is 2.43. The third kappa shape index (κ3) is 5.98. The summed E-state index contributed by atoms with van der Waals surface area (Å²) in [4.78, 5) is 11.8. The number of rotatable bonds is 9. The number of hydrogen-bond acceptors (Lipinski definition) is 3. The van der Waals surface area contributed by atoms with E-state index >= 15 is 0 Å². The second kappa shape index (κ2) is 9.70. The molecule has 0 saturated carbocycles. The summed E-state index contributed by atoms with van der Waals surface area (Å²) >= 11 is 0. The molecule has 1 saturated heterocycles. The number of alkyl halides is 3. The molecule has 11 heteroatoms.